The zero-order valence-corrected chi connectivity index (χ0v) is 9.95. The molecule has 8 heteroatoms. The van der Waals surface area contributed by atoms with Crippen molar-refractivity contribution in [3.05, 3.63) is 11.6 Å². The maximum absolute atomic E-state index is 12.6. The molecule has 1 aliphatic heterocycles. The van der Waals surface area contributed by atoms with E-state index in [0.29, 0.717) is 32.0 Å². The predicted molar refractivity (Wildman–Crippen MR) is 58.6 cm³/mol. The third-order valence-electron chi connectivity index (χ3n) is 3.01. The number of aromatic nitrogens is 3. The minimum atomic E-state index is -4.42. The van der Waals surface area contributed by atoms with Crippen LogP contribution in [0.2, 0.25) is 0 Å². The predicted octanol–water partition coefficient (Wildman–Crippen LogP) is 0.851. The van der Waals surface area contributed by atoms with Crippen molar-refractivity contribution in [3.8, 4) is 0 Å². The second-order valence-corrected chi connectivity index (χ2v) is 4.36. The summed E-state index contributed by atoms with van der Waals surface area (Å²) in [6, 6.07) is 0. The Hall–Kier alpha value is -1.15. The monoisotopic (exact) mass is 263 g/mol. The molecular weight excluding hydrogens is 247 g/mol. The first-order valence-corrected chi connectivity index (χ1v) is 5.94. The van der Waals surface area contributed by atoms with E-state index >= 15 is 0 Å². The fraction of sp³-hybridized carbons (Fsp3) is 0.800. The molecule has 0 saturated heterocycles. The Labute approximate surface area is 103 Å². The van der Waals surface area contributed by atoms with Gasteiger partial charge in [0.2, 0.25) is 5.82 Å². The molecule has 5 nitrogen and oxygen atoms in total. The molecule has 0 radical (unpaired) electrons. The summed E-state index contributed by atoms with van der Waals surface area (Å²) in [6.07, 6.45) is -2.54. The molecule has 0 saturated carbocycles. The molecule has 0 aliphatic carbocycles. The van der Waals surface area contributed by atoms with Gasteiger partial charge in [-0.15, -0.1) is 10.2 Å². The van der Waals surface area contributed by atoms with Crippen LogP contribution in [0.4, 0.5) is 13.2 Å². The lowest BCUT2D eigenvalue weighted by molar-refractivity contribution is -0.148. The number of nitrogens with zero attached hydrogens (tertiary/aromatic N) is 4. The summed E-state index contributed by atoms with van der Waals surface area (Å²) in [6.45, 7) is 2.79. The van der Waals surface area contributed by atoms with Crippen LogP contribution in [0.5, 0.6) is 0 Å². The lowest BCUT2D eigenvalue weighted by atomic mass is 10.2. The van der Waals surface area contributed by atoms with Gasteiger partial charge >= 0.3 is 6.18 Å². The average Bonchev–Trinajstić information content (AvgIpc) is 2.72. The fourth-order valence-electron chi connectivity index (χ4n) is 2.09. The minimum Gasteiger partial charge on any atom is -0.330 e. The van der Waals surface area contributed by atoms with Gasteiger partial charge in [-0.05, 0) is 25.9 Å². The van der Waals surface area contributed by atoms with Crippen molar-refractivity contribution >= 4 is 0 Å². The quantitative estimate of drug-likeness (QED) is 0.818. The number of halogens is 3. The van der Waals surface area contributed by atoms with Gasteiger partial charge in [0.05, 0.1) is 6.54 Å². The molecule has 2 rings (SSSR count). The van der Waals surface area contributed by atoms with E-state index in [-0.39, 0.29) is 0 Å². The van der Waals surface area contributed by atoms with Crippen LogP contribution < -0.4 is 5.73 Å². The van der Waals surface area contributed by atoms with E-state index in [9.17, 15) is 13.2 Å². The molecule has 0 unspecified atom stereocenters. The van der Waals surface area contributed by atoms with Crippen molar-refractivity contribution in [1.82, 2.24) is 19.7 Å². The highest BCUT2D eigenvalue weighted by molar-refractivity contribution is 5.02. The van der Waals surface area contributed by atoms with E-state index in [1.165, 1.54) is 4.57 Å². The fourth-order valence-corrected chi connectivity index (χ4v) is 2.09. The average molecular weight is 263 g/mol. The zero-order chi connectivity index (χ0) is 13.2. The normalized spacial score (nSPS) is 16.9. The summed E-state index contributed by atoms with van der Waals surface area (Å²) >= 11 is 0. The highest BCUT2D eigenvalue weighted by atomic mass is 19.4. The van der Waals surface area contributed by atoms with Crippen LogP contribution in [0.1, 0.15) is 24.5 Å². The van der Waals surface area contributed by atoms with Gasteiger partial charge in [-0.2, -0.15) is 13.2 Å². The van der Waals surface area contributed by atoms with Gasteiger partial charge in [0.15, 0.2) is 0 Å². The number of alkyl halides is 3. The molecule has 0 spiro atoms. The molecule has 1 aliphatic rings. The van der Waals surface area contributed by atoms with Crippen LogP contribution in [0, 0.1) is 0 Å². The Morgan fingerprint density at radius 3 is 2.61 bits per heavy atom. The van der Waals surface area contributed by atoms with E-state index in [4.69, 9.17) is 5.73 Å². The molecule has 0 fully saturated rings. The molecule has 1 aromatic heterocycles. The van der Waals surface area contributed by atoms with E-state index in [1.54, 1.807) is 0 Å². The van der Waals surface area contributed by atoms with Crippen LogP contribution in [0.25, 0.3) is 0 Å². The molecule has 2 heterocycles. The first-order chi connectivity index (χ1) is 8.52. The minimum absolute atomic E-state index is 0.291. The summed E-state index contributed by atoms with van der Waals surface area (Å²) < 4.78 is 39.0. The molecular formula is C10H16F3N5. The third-order valence-corrected chi connectivity index (χ3v) is 3.01. The summed E-state index contributed by atoms with van der Waals surface area (Å²) in [7, 11) is 0. The van der Waals surface area contributed by atoms with Gasteiger partial charge in [0.25, 0.3) is 0 Å². The van der Waals surface area contributed by atoms with E-state index in [2.05, 4.69) is 15.1 Å². The van der Waals surface area contributed by atoms with Crippen LogP contribution in [-0.4, -0.2) is 39.3 Å². The maximum atomic E-state index is 12.6. The second-order valence-electron chi connectivity index (χ2n) is 4.36. The maximum Gasteiger partial charge on any atom is 0.451 e. The van der Waals surface area contributed by atoms with Crippen molar-refractivity contribution in [2.24, 2.45) is 5.73 Å². The molecule has 102 valence electrons. The van der Waals surface area contributed by atoms with Gasteiger partial charge in [0, 0.05) is 13.1 Å². The third kappa shape index (κ3) is 2.81. The number of hydrogen-bond acceptors (Lipinski definition) is 4. The van der Waals surface area contributed by atoms with Gasteiger partial charge in [-0.1, -0.05) is 0 Å². The van der Waals surface area contributed by atoms with Crippen LogP contribution in [0.15, 0.2) is 0 Å². The summed E-state index contributed by atoms with van der Waals surface area (Å²) in [5, 5.41) is 6.87. The SMILES string of the molecule is NCCCCN1CCn2c(nnc2C(F)(F)F)C1. The topological polar surface area (TPSA) is 60.0 Å². The lowest BCUT2D eigenvalue weighted by Gasteiger charge is -2.27. The van der Waals surface area contributed by atoms with E-state index < -0.39 is 12.0 Å². The molecule has 0 bridgehead atoms. The molecule has 1 aromatic rings. The van der Waals surface area contributed by atoms with Crippen LogP contribution >= 0.6 is 0 Å². The van der Waals surface area contributed by atoms with Crippen molar-refractivity contribution in [1.29, 1.82) is 0 Å². The van der Waals surface area contributed by atoms with Crippen LogP contribution in [-0.2, 0) is 19.3 Å². The van der Waals surface area contributed by atoms with Gasteiger partial charge in [0.1, 0.15) is 5.82 Å². The Balaban J connectivity index is 2.01. The second kappa shape index (κ2) is 5.23. The molecule has 0 aromatic carbocycles. The summed E-state index contributed by atoms with van der Waals surface area (Å²) in [5.74, 6) is -0.500. The Bertz CT molecular complexity index is 401. The highest BCUT2D eigenvalue weighted by Gasteiger charge is 2.39. The first-order valence-electron chi connectivity index (χ1n) is 5.94. The van der Waals surface area contributed by atoms with Gasteiger partial charge in [-0.3, -0.25) is 4.90 Å². The zero-order valence-electron chi connectivity index (χ0n) is 9.95. The number of hydrogen-bond donors (Lipinski definition) is 1. The van der Waals surface area contributed by atoms with Crippen molar-refractivity contribution in [2.45, 2.75) is 32.1 Å². The Morgan fingerprint density at radius 1 is 1.17 bits per heavy atom. The highest BCUT2D eigenvalue weighted by Crippen LogP contribution is 2.29. The number of rotatable bonds is 4. The Morgan fingerprint density at radius 2 is 1.94 bits per heavy atom. The van der Waals surface area contributed by atoms with E-state index in [0.717, 1.165) is 19.4 Å². The lowest BCUT2D eigenvalue weighted by Crippen LogP contribution is -2.36. The van der Waals surface area contributed by atoms with Crippen LogP contribution in [0.3, 0.4) is 0 Å². The Kier molecular flexibility index (Phi) is 3.86. The smallest absolute Gasteiger partial charge is 0.330 e. The van der Waals surface area contributed by atoms with Gasteiger partial charge in [-0.25, -0.2) is 0 Å². The van der Waals surface area contributed by atoms with Crippen molar-refractivity contribution < 1.29 is 13.2 Å². The molecule has 0 atom stereocenters. The van der Waals surface area contributed by atoms with Gasteiger partial charge < -0.3 is 10.3 Å². The van der Waals surface area contributed by atoms with E-state index in [1.807, 2.05) is 0 Å². The van der Waals surface area contributed by atoms with Crippen molar-refractivity contribution in [2.75, 3.05) is 19.6 Å². The summed E-state index contributed by atoms with van der Waals surface area (Å²) in [4.78, 5) is 2.08. The molecule has 0 amide bonds. The number of unbranched alkanes of at least 4 members (excludes halogenated alkanes) is 1. The van der Waals surface area contributed by atoms with Crippen molar-refractivity contribution in [3.63, 3.8) is 0 Å². The number of fused-ring (bicyclic) bond motifs is 1. The number of nitrogens with two attached hydrogens (primary N) is 1. The summed E-state index contributed by atoms with van der Waals surface area (Å²) in [5.41, 5.74) is 5.40. The first kappa shape index (κ1) is 13.3. The molecule has 18 heavy (non-hydrogen) atoms. The standard InChI is InChI=1S/C10H16F3N5/c11-10(12,13)9-16-15-8-7-17(4-2-1-3-14)5-6-18(8)9/h1-7,14H2. The largest absolute Gasteiger partial charge is 0.451 e. The molecule has 2 N–H and O–H groups in total.